The molecule has 2 aromatic heterocycles. The van der Waals surface area contributed by atoms with Crippen LogP contribution in [0.3, 0.4) is 0 Å². The van der Waals surface area contributed by atoms with E-state index in [0.717, 1.165) is 12.2 Å². The largest absolute Gasteiger partial charge is 0.486 e. The van der Waals surface area contributed by atoms with Gasteiger partial charge in [-0.2, -0.15) is 5.10 Å². The maximum absolute atomic E-state index is 12.7. The minimum absolute atomic E-state index is 0.128. The molecule has 1 unspecified atom stereocenters. The fraction of sp³-hybridized carbons (Fsp3) is 0.375. The number of hydrogen-bond acceptors (Lipinski definition) is 5. The van der Waals surface area contributed by atoms with Crippen LogP contribution >= 0.6 is 0 Å². The number of anilines is 1. The molecule has 0 radical (unpaired) electrons. The minimum atomic E-state index is -0.461. The number of furan rings is 1. The number of rotatable bonds is 9. The zero-order valence-corrected chi connectivity index (χ0v) is 19.2. The maximum atomic E-state index is 12.7. The van der Waals surface area contributed by atoms with Crippen molar-refractivity contribution in [3.8, 4) is 5.75 Å². The van der Waals surface area contributed by atoms with E-state index in [4.69, 9.17) is 9.15 Å². The summed E-state index contributed by atoms with van der Waals surface area (Å²) in [5.74, 6) is 1.19. The van der Waals surface area contributed by atoms with E-state index in [2.05, 4.69) is 36.4 Å². The summed E-state index contributed by atoms with van der Waals surface area (Å²) in [6, 6.07) is 11.3. The second-order valence-electron chi connectivity index (χ2n) is 7.81. The van der Waals surface area contributed by atoms with Crippen molar-refractivity contribution in [2.75, 3.05) is 19.4 Å². The lowest BCUT2D eigenvalue weighted by Gasteiger charge is -2.13. The van der Waals surface area contributed by atoms with Crippen LogP contribution in [-0.4, -0.2) is 40.6 Å². The zero-order chi connectivity index (χ0) is 23.3. The van der Waals surface area contributed by atoms with Gasteiger partial charge in [-0.3, -0.25) is 14.3 Å². The van der Waals surface area contributed by atoms with Crippen LogP contribution in [0.5, 0.6) is 5.75 Å². The van der Waals surface area contributed by atoms with Crippen molar-refractivity contribution in [3.63, 3.8) is 0 Å². The molecule has 2 amide bonds. The van der Waals surface area contributed by atoms with Crippen molar-refractivity contribution in [1.82, 2.24) is 14.7 Å². The van der Waals surface area contributed by atoms with E-state index in [1.165, 1.54) is 16.7 Å². The van der Waals surface area contributed by atoms with Gasteiger partial charge in [-0.25, -0.2) is 0 Å². The lowest BCUT2D eigenvalue weighted by molar-refractivity contribution is 0.0816. The van der Waals surface area contributed by atoms with E-state index >= 15 is 0 Å². The molecule has 0 aliphatic heterocycles. The third kappa shape index (κ3) is 5.19. The van der Waals surface area contributed by atoms with Crippen LogP contribution in [0.15, 0.2) is 47.0 Å². The molecule has 0 spiro atoms. The number of nitrogens with one attached hydrogen (secondary N) is 1. The predicted molar refractivity (Wildman–Crippen MR) is 122 cm³/mol. The summed E-state index contributed by atoms with van der Waals surface area (Å²) in [6.45, 7) is 6.94. The molecular weight excluding hydrogens is 408 g/mol. The fourth-order valence-electron chi connectivity index (χ4n) is 3.20. The highest BCUT2D eigenvalue weighted by molar-refractivity contribution is 6.07. The Balaban J connectivity index is 1.64. The Kier molecular flexibility index (Phi) is 7.35. The lowest BCUT2D eigenvalue weighted by Crippen LogP contribution is -2.26. The molecule has 170 valence electrons. The van der Waals surface area contributed by atoms with E-state index in [-0.39, 0.29) is 18.3 Å². The van der Waals surface area contributed by atoms with Gasteiger partial charge in [0.2, 0.25) is 0 Å². The fourth-order valence-corrected chi connectivity index (χ4v) is 3.20. The molecule has 3 rings (SSSR count). The van der Waals surface area contributed by atoms with Gasteiger partial charge < -0.3 is 19.4 Å². The summed E-state index contributed by atoms with van der Waals surface area (Å²) in [7, 11) is 3.30. The molecule has 0 aliphatic carbocycles. The van der Waals surface area contributed by atoms with Crippen molar-refractivity contribution < 1.29 is 18.7 Å². The van der Waals surface area contributed by atoms with Gasteiger partial charge in [0.05, 0.1) is 11.9 Å². The number of carbonyl (C=O) groups is 2. The van der Waals surface area contributed by atoms with Gasteiger partial charge in [0, 0.05) is 20.6 Å². The third-order valence-electron chi connectivity index (χ3n) is 5.32. The Morgan fingerprint density at radius 1 is 1.16 bits per heavy atom. The van der Waals surface area contributed by atoms with Crippen LogP contribution in [0, 0.1) is 0 Å². The van der Waals surface area contributed by atoms with Crippen molar-refractivity contribution >= 4 is 17.5 Å². The Morgan fingerprint density at radius 2 is 1.88 bits per heavy atom. The Bertz CT molecular complexity index is 1070. The van der Waals surface area contributed by atoms with Gasteiger partial charge in [-0.15, -0.1) is 0 Å². The monoisotopic (exact) mass is 438 g/mol. The molecule has 8 heteroatoms. The molecular formula is C24H30N4O4. The second-order valence-corrected chi connectivity index (χ2v) is 7.81. The molecule has 2 heterocycles. The normalized spacial score (nSPS) is 11.8. The van der Waals surface area contributed by atoms with Crippen LogP contribution in [0.1, 0.15) is 65.5 Å². The number of amides is 2. The van der Waals surface area contributed by atoms with Gasteiger partial charge in [0.15, 0.2) is 5.76 Å². The predicted octanol–water partition coefficient (Wildman–Crippen LogP) is 4.54. The smallest absolute Gasteiger partial charge is 0.291 e. The van der Waals surface area contributed by atoms with E-state index in [0.29, 0.717) is 29.6 Å². The molecule has 0 bridgehead atoms. The first-order chi connectivity index (χ1) is 15.3. The lowest BCUT2D eigenvalue weighted by atomic mass is 9.99. The molecule has 1 atom stereocenters. The molecule has 1 aromatic carbocycles. The highest BCUT2D eigenvalue weighted by Crippen LogP contribution is 2.23. The Morgan fingerprint density at radius 3 is 2.50 bits per heavy atom. The number of hydrogen-bond donors (Lipinski definition) is 1. The van der Waals surface area contributed by atoms with Gasteiger partial charge in [-0.05, 0) is 49.1 Å². The Hall–Kier alpha value is -3.55. The van der Waals surface area contributed by atoms with Crippen molar-refractivity contribution in [1.29, 1.82) is 0 Å². The van der Waals surface area contributed by atoms with E-state index < -0.39 is 5.91 Å². The van der Waals surface area contributed by atoms with Gasteiger partial charge in [0.25, 0.3) is 11.8 Å². The quantitative estimate of drug-likeness (QED) is 0.530. The number of nitrogens with zero attached hydrogens (tertiary/aromatic N) is 3. The number of ether oxygens (including phenoxy) is 1. The maximum Gasteiger partial charge on any atom is 0.291 e. The first-order valence-corrected chi connectivity index (χ1v) is 10.7. The topological polar surface area (TPSA) is 89.6 Å². The molecule has 32 heavy (non-hydrogen) atoms. The summed E-state index contributed by atoms with van der Waals surface area (Å²) in [5, 5.41) is 6.90. The molecule has 1 N–H and O–H groups in total. The highest BCUT2D eigenvalue weighted by atomic mass is 16.5. The van der Waals surface area contributed by atoms with E-state index in [9.17, 15) is 9.59 Å². The summed E-state index contributed by atoms with van der Waals surface area (Å²) < 4.78 is 13.0. The summed E-state index contributed by atoms with van der Waals surface area (Å²) in [6.07, 6.45) is 2.55. The highest BCUT2D eigenvalue weighted by Gasteiger charge is 2.22. The molecule has 0 fully saturated rings. The van der Waals surface area contributed by atoms with Crippen molar-refractivity contribution in [2.24, 2.45) is 0 Å². The third-order valence-corrected chi connectivity index (χ3v) is 5.32. The van der Waals surface area contributed by atoms with E-state index in [1.54, 1.807) is 30.9 Å². The van der Waals surface area contributed by atoms with E-state index in [1.807, 2.05) is 19.1 Å². The Labute approximate surface area is 188 Å². The van der Waals surface area contributed by atoms with Gasteiger partial charge in [-0.1, -0.05) is 26.0 Å². The minimum Gasteiger partial charge on any atom is -0.486 e. The van der Waals surface area contributed by atoms with Crippen LogP contribution in [0.25, 0.3) is 0 Å². The average molecular weight is 439 g/mol. The zero-order valence-electron chi connectivity index (χ0n) is 19.2. The summed E-state index contributed by atoms with van der Waals surface area (Å²) >= 11 is 0. The molecule has 0 saturated carbocycles. The second kappa shape index (κ2) is 10.2. The molecule has 8 nitrogen and oxygen atoms in total. The van der Waals surface area contributed by atoms with Crippen molar-refractivity contribution in [2.45, 2.75) is 46.3 Å². The number of aromatic nitrogens is 2. The van der Waals surface area contributed by atoms with Gasteiger partial charge in [0.1, 0.15) is 23.8 Å². The first kappa shape index (κ1) is 23.1. The molecule has 0 saturated heterocycles. The van der Waals surface area contributed by atoms with Crippen LogP contribution < -0.4 is 10.1 Å². The first-order valence-electron chi connectivity index (χ1n) is 10.7. The molecule has 0 aliphatic rings. The van der Waals surface area contributed by atoms with Gasteiger partial charge >= 0.3 is 0 Å². The van der Waals surface area contributed by atoms with Crippen LogP contribution in [-0.2, 0) is 13.2 Å². The SMILES string of the molecule is CCC(C)c1ccc(OCc2ccc(C(=O)Nc3cnn(CC)c3C(=O)N(C)C)o2)cc1. The van der Waals surface area contributed by atoms with Crippen LogP contribution in [0.4, 0.5) is 5.69 Å². The molecule has 3 aromatic rings. The number of carbonyl (C=O) groups excluding carboxylic acids is 2. The standard InChI is InChI=1S/C24H30N4O4/c1-6-16(3)17-8-10-18(11-9-17)31-15-19-12-13-21(32-19)23(29)26-20-14-25-28(7-2)22(20)24(30)27(4)5/h8-14,16H,6-7,15H2,1-5H3,(H,26,29). The van der Waals surface area contributed by atoms with Crippen LogP contribution in [0.2, 0.25) is 0 Å². The van der Waals surface area contributed by atoms with Crippen molar-refractivity contribution in [3.05, 3.63) is 65.4 Å². The summed E-state index contributed by atoms with van der Waals surface area (Å²) in [5.41, 5.74) is 1.93. The number of aryl methyl sites for hydroxylation is 1. The number of benzene rings is 1. The average Bonchev–Trinajstić information content (AvgIpc) is 3.43. The summed E-state index contributed by atoms with van der Waals surface area (Å²) in [4.78, 5) is 26.6.